The highest BCUT2D eigenvalue weighted by Gasteiger charge is 2.30. The zero-order valence-electron chi connectivity index (χ0n) is 13.2. The molecular weight excluding hydrogens is 331 g/mol. The Morgan fingerprint density at radius 3 is 2.28 bits per heavy atom. The molecule has 128 valence electrons. The molecule has 1 aromatic heterocycles. The van der Waals surface area contributed by atoms with Gasteiger partial charge in [-0.2, -0.15) is 18.3 Å². The van der Waals surface area contributed by atoms with Crippen LogP contribution >= 0.6 is 0 Å². The van der Waals surface area contributed by atoms with Crippen LogP contribution in [0.3, 0.4) is 0 Å². The van der Waals surface area contributed by atoms with Gasteiger partial charge in [-0.3, -0.25) is 9.89 Å². The molecule has 3 aromatic rings. The van der Waals surface area contributed by atoms with Crippen molar-refractivity contribution >= 4 is 11.6 Å². The Bertz CT molecular complexity index is 884. The van der Waals surface area contributed by atoms with Crippen LogP contribution in [-0.2, 0) is 6.18 Å². The quantitative estimate of drug-likeness (QED) is 0.725. The molecule has 4 nitrogen and oxygen atoms in total. The van der Waals surface area contributed by atoms with Gasteiger partial charge in [-0.05, 0) is 31.2 Å². The number of nitrogens with zero attached hydrogens (tertiary/aromatic N) is 1. The second-order valence-corrected chi connectivity index (χ2v) is 5.47. The van der Waals surface area contributed by atoms with Gasteiger partial charge in [-0.25, -0.2) is 0 Å². The van der Waals surface area contributed by atoms with E-state index in [9.17, 15) is 18.0 Å². The van der Waals surface area contributed by atoms with Crippen molar-refractivity contribution in [3.8, 4) is 11.3 Å². The van der Waals surface area contributed by atoms with Crippen LogP contribution in [0.15, 0.2) is 54.6 Å². The number of amides is 1. The highest BCUT2D eigenvalue weighted by atomic mass is 19.4. The summed E-state index contributed by atoms with van der Waals surface area (Å²) in [5, 5.41) is 9.62. The highest BCUT2D eigenvalue weighted by molar-refractivity contribution is 6.06. The van der Waals surface area contributed by atoms with Crippen molar-refractivity contribution in [3.63, 3.8) is 0 Å². The summed E-state index contributed by atoms with van der Waals surface area (Å²) < 4.78 is 38.1. The number of aryl methyl sites for hydroxylation is 1. The average molecular weight is 345 g/mol. The maximum absolute atomic E-state index is 12.7. The molecule has 2 N–H and O–H groups in total. The number of hydrogen-bond acceptors (Lipinski definition) is 2. The lowest BCUT2D eigenvalue weighted by atomic mass is 10.1. The minimum absolute atomic E-state index is 0.321. The molecule has 0 saturated heterocycles. The fourth-order valence-corrected chi connectivity index (χ4v) is 2.38. The molecule has 1 amide bonds. The number of alkyl halides is 3. The van der Waals surface area contributed by atoms with Crippen LogP contribution in [0.5, 0.6) is 0 Å². The Morgan fingerprint density at radius 1 is 1.04 bits per heavy atom. The largest absolute Gasteiger partial charge is 0.416 e. The molecule has 0 atom stereocenters. The molecule has 0 aliphatic rings. The van der Waals surface area contributed by atoms with E-state index in [0.717, 1.165) is 12.1 Å². The maximum Gasteiger partial charge on any atom is 0.416 e. The number of aromatic nitrogens is 2. The topological polar surface area (TPSA) is 57.8 Å². The molecule has 0 aliphatic heterocycles. The van der Waals surface area contributed by atoms with E-state index in [1.807, 2.05) is 0 Å². The van der Waals surface area contributed by atoms with Gasteiger partial charge in [0.05, 0.1) is 16.9 Å². The first-order valence-corrected chi connectivity index (χ1v) is 7.45. The third-order valence-corrected chi connectivity index (χ3v) is 3.71. The van der Waals surface area contributed by atoms with Gasteiger partial charge in [0.15, 0.2) is 0 Å². The standard InChI is InChI=1S/C18H14F3N3O/c1-11-15(22-17(25)13-5-3-2-4-6-13)16(24-23-11)12-7-9-14(10-8-12)18(19,20)21/h2-10H,1H3,(H,22,25)(H,23,24). The second-order valence-electron chi connectivity index (χ2n) is 5.47. The minimum atomic E-state index is -4.40. The van der Waals surface area contributed by atoms with E-state index >= 15 is 0 Å². The maximum atomic E-state index is 12.7. The van der Waals surface area contributed by atoms with Gasteiger partial charge in [0.25, 0.3) is 5.91 Å². The first-order valence-electron chi connectivity index (χ1n) is 7.45. The molecule has 2 aromatic carbocycles. The van der Waals surface area contributed by atoms with Gasteiger partial charge in [0.1, 0.15) is 5.69 Å². The fraction of sp³-hybridized carbons (Fsp3) is 0.111. The molecule has 0 bridgehead atoms. The lowest BCUT2D eigenvalue weighted by Crippen LogP contribution is -2.12. The summed E-state index contributed by atoms with van der Waals surface area (Å²) in [6, 6.07) is 13.3. The number of H-pyrrole nitrogens is 1. The number of rotatable bonds is 3. The third-order valence-electron chi connectivity index (χ3n) is 3.71. The molecule has 3 rings (SSSR count). The lowest BCUT2D eigenvalue weighted by Gasteiger charge is -2.09. The molecule has 0 radical (unpaired) electrons. The Hall–Kier alpha value is -3.09. The van der Waals surface area contributed by atoms with E-state index in [0.29, 0.717) is 28.2 Å². The van der Waals surface area contributed by atoms with Gasteiger partial charge < -0.3 is 5.32 Å². The summed E-state index contributed by atoms with van der Waals surface area (Å²) in [6.45, 7) is 1.72. The highest BCUT2D eigenvalue weighted by Crippen LogP contribution is 2.33. The summed E-state index contributed by atoms with van der Waals surface area (Å²) in [5.74, 6) is -0.321. The number of anilines is 1. The number of carbonyl (C=O) groups excluding carboxylic acids is 1. The first-order chi connectivity index (χ1) is 11.9. The van der Waals surface area contributed by atoms with Crippen molar-refractivity contribution in [3.05, 3.63) is 71.4 Å². The van der Waals surface area contributed by atoms with Crippen molar-refractivity contribution in [2.45, 2.75) is 13.1 Å². The normalized spacial score (nSPS) is 11.4. The van der Waals surface area contributed by atoms with Gasteiger partial charge in [-0.1, -0.05) is 30.3 Å². The zero-order valence-corrected chi connectivity index (χ0v) is 13.2. The average Bonchev–Trinajstić information content (AvgIpc) is 2.96. The van der Waals surface area contributed by atoms with Crippen molar-refractivity contribution < 1.29 is 18.0 Å². The molecule has 25 heavy (non-hydrogen) atoms. The number of carbonyl (C=O) groups is 1. The Balaban J connectivity index is 1.91. The first kappa shape index (κ1) is 16.8. The summed E-state index contributed by atoms with van der Waals surface area (Å²) in [4.78, 5) is 12.3. The third kappa shape index (κ3) is 3.55. The number of nitrogens with one attached hydrogen (secondary N) is 2. The molecule has 0 fully saturated rings. The summed E-state index contributed by atoms with van der Waals surface area (Å²) in [7, 11) is 0. The van der Waals surface area contributed by atoms with Crippen LogP contribution in [0, 0.1) is 6.92 Å². The second kappa shape index (κ2) is 6.43. The summed E-state index contributed by atoms with van der Waals surface area (Å²) >= 11 is 0. The number of benzene rings is 2. The molecule has 0 spiro atoms. The lowest BCUT2D eigenvalue weighted by molar-refractivity contribution is -0.137. The van der Waals surface area contributed by atoms with Crippen LogP contribution in [0.2, 0.25) is 0 Å². The van der Waals surface area contributed by atoms with Crippen LogP contribution in [0.4, 0.5) is 18.9 Å². The smallest absolute Gasteiger partial charge is 0.319 e. The van der Waals surface area contributed by atoms with E-state index in [-0.39, 0.29) is 5.91 Å². The van der Waals surface area contributed by atoms with E-state index in [1.54, 1.807) is 37.3 Å². The van der Waals surface area contributed by atoms with Crippen LogP contribution in [0.1, 0.15) is 21.6 Å². The van der Waals surface area contributed by atoms with Crippen molar-refractivity contribution in [1.29, 1.82) is 0 Å². The Labute approximate surface area is 141 Å². The van der Waals surface area contributed by atoms with E-state index in [2.05, 4.69) is 15.5 Å². The molecular formula is C18H14F3N3O. The number of aromatic amines is 1. The predicted octanol–water partition coefficient (Wildman–Crippen LogP) is 4.66. The van der Waals surface area contributed by atoms with Gasteiger partial charge in [0, 0.05) is 11.1 Å². The predicted molar refractivity (Wildman–Crippen MR) is 88.2 cm³/mol. The Morgan fingerprint density at radius 2 is 1.68 bits per heavy atom. The van der Waals surface area contributed by atoms with Gasteiger partial charge in [-0.15, -0.1) is 0 Å². The number of hydrogen-bond donors (Lipinski definition) is 2. The monoisotopic (exact) mass is 345 g/mol. The van der Waals surface area contributed by atoms with Gasteiger partial charge in [0.2, 0.25) is 0 Å². The summed E-state index contributed by atoms with van der Waals surface area (Å²) in [6.07, 6.45) is -4.40. The molecule has 0 aliphatic carbocycles. The van der Waals surface area contributed by atoms with Crippen LogP contribution in [0.25, 0.3) is 11.3 Å². The SMILES string of the molecule is Cc1[nH]nc(-c2ccc(C(F)(F)F)cc2)c1NC(=O)c1ccccc1. The zero-order chi connectivity index (χ0) is 18.0. The molecule has 0 saturated carbocycles. The summed E-state index contributed by atoms with van der Waals surface area (Å²) in [5.41, 5.74) is 1.64. The van der Waals surface area contributed by atoms with Crippen molar-refractivity contribution in [2.24, 2.45) is 0 Å². The van der Waals surface area contributed by atoms with Crippen LogP contribution < -0.4 is 5.32 Å². The van der Waals surface area contributed by atoms with Crippen molar-refractivity contribution in [1.82, 2.24) is 10.2 Å². The van der Waals surface area contributed by atoms with Gasteiger partial charge >= 0.3 is 6.18 Å². The molecule has 7 heteroatoms. The minimum Gasteiger partial charge on any atom is -0.319 e. The molecule has 0 unspecified atom stereocenters. The number of halogens is 3. The van der Waals surface area contributed by atoms with Crippen LogP contribution in [-0.4, -0.2) is 16.1 Å². The van der Waals surface area contributed by atoms with E-state index in [1.165, 1.54) is 12.1 Å². The van der Waals surface area contributed by atoms with Crippen molar-refractivity contribution in [2.75, 3.05) is 5.32 Å². The fourth-order valence-electron chi connectivity index (χ4n) is 2.38. The molecule has 1 heterocycles. The van der Waals surface area contributed by atoms with E-state index < -0.39 is 11.7 Å². The Kier molecular flexibility index (Phi) is 4.31. The van der Waals surface area contributed by atoms with E-state index in [4.69, 9.17) is 0 Å².